The Morgan fingerprint density at radius 3 is 2.80 bits per heavy atom. The molecular weight excluding hydrogens is 378 g/mol. The Hall–Kier alpha value is -2.67. The highest BCUT2D eigenvalue weighted by Crippen LogP contribution is 2.31. The fraction of sp³-hybridized carbons (Fsp3) is 0.522. The molecule has 1 amide bonds. The Bertz CT molecular complexity index is 825. The van der Waals surface area contributed by atoms with Gasteiger partial charge in [0.1, 0.15) is 11.6 Å². The fourth-order valence-electron chi connectivity index (χ4n) is 4.63. The molecule has 2 fully saturated rings. The lowest BCUT2D eigenvalue weighted by atomic mass is 9.96. The lowest BCUT2D eigenvalue weighted by Gasteiger charge is -2.34. The van der Waals surface area contributed by atoms with Crippen LogP contribution in [0.25, 0.3) is 0 Å². The van der Waals surface area contributed by atoms with Gasteiger partial charge in [-0.05, 0) is 44.8 Å². The Labute approximate surface area is 178 Å². The summed E-state index contributed by atoms with van der Waals surface area (Å²) in [5.74, 6) is 1.83. The second-order valence-electron chi connectivity index (χ2n) is 8.09. The van der Waals surface area contributed by atoms with E-state index in [0.717, 1.165) is 49.6 Å². The van der Waals surface area contributed by atoms with Gasteiger partial charge in [-0.1, -0.05) is 18.2 Å². The second-order valence-corrected chi connectivity index (χ2v) is 8.09. The second kappa shape index (κ2) is 9.89. The molecule has 160 valence electrons. The summed E-state index contributed by atoms with van der Waals surface area (Å²) in [5, 5.41) is 3.25. The highest BCUT2D eigenvalue weighted by atomic mass is 16.5. The normalized spacial score (nSPS) is 20.7. The Morgan fingerprint density at radius 1 is 1.20 bits per heavy atom. The molecule has 1 N–H and O–H groups in total. The number of likely N-dealkylation sites (tertiary alicyclic amines) is 1. The van der Waals surface area contributed by atoms with Crippen molar-refractivity contribution in [2.45, 2.75) is 31.7 Å². The summed E-state index contributed by atoms with van der Waals surface area (Å²) in [7, 11) is 1.71. The number of hydrogen-bond donors (Lipinski definition) is 1. The van der Waals surface area contributed by atoms with Gasteiger partial charge in [-0.25, -0.2) is 4.98 Å². The smallest absolute Gasteiger partial charge is 0.224 e. The molecule has 7 heteroatoms. The van der Waals surface area contributed by atoms with E-state index in [1.165, 1.54) is 12.8 Å². The summed E-state index contributed by atoms with van der Waals surface area (Å²) in [6, 6.07) is 8.28. The van der Waals surface area contributed by atoms with Crippen molar-refractivity contribution in [3.63, 3.8) is 0 Å². The molecule has 0 saturated carbocycles. The van der Waals surface area contributed by atoms with Crippen LogP contribution in [0.15, 0.2) is 42.9 Å². The van der Waals surface area contributed by atoms with Crippen LogP contribution in [0.4, 0.5) is 5.82 Å². The van der Waals surface area contributed by atoms with Crippen LogP contribution in [0.3, 0.4) is 0 Å². The number of amides is 1. The third-order valence-corrected chi connectivity index (χ3v) is 6.21. The van der Waals surface area contributed by atoms with Crippen molar-refractivity contribution in [1.82, 2.24) is 20.2 Å². The third kappa shape index (κ3) is 4.73. The van der Waals surface area contributed by atoms with Crippen LogP contribution in [-0.4, -0.2) is 60.6 Å². The van der Waals surface area contributed by atoms with Crippen molar-refractivity contribution in [2.75, 3.05) is 44.7 Å². The topological polar surface area (TPSA) is 70.6 Å². The number of piperidine rings is 1. The summed E-state index contributed by atoms with van der Waals surface area (Å²) in [6.07, 6.45) is 9.44. The van der Waals surface area contributed by atoms with Gasteiger partial charge in [0.15, 0.2) is 0 Å². The Kier molecular flexibility index (Phi) is 6.79. The summed E-state index contributed by atoms with van der Waals surface area (Å²) < 4.78 is 5.61. The van der Waals surface area contributed by atoms with Gasteiger partial charge < -0.3 is 15.0 Å². The van der Waals surface area contributed by atoms with Gasteiger partial charge in [-0.2, -0.15) is 0 Å². The van der Waals surface area contributed by atoms with Gasteiger partial charge in [0, 0.05) is 37.6 Å². The highest BCUT2D eigenvalue weighted by Gasteiger charge is 2.30. The Balaban J connectivity index is 1.42. The zero-order valence-corrected chi connectivity index (χ0v) is 17.7. The molecule has 0 spiro atoms. The van der Waals surface area contributed by atoms with E-state index in [2.05, 4.69) is 31.2 Å². The van der Waals surface area contributed by atoms with Crippen molar-refractivity contribution in [2.24, 2.45) is 5.92 Å². The molecule has 4 rings (SSSR count). The molecule has 2 aromatic rings. The number of nitrogens with zero attached hydrogens (tertiary/aromatic N) is 4. The maximum Gasteiger partial charge on any atom is 0.224 e. The van der Waals surface area contributed by atoms with Gasteiger partial charge in [-0.3, -0.25) is 14.7 Å². The first-order valence-corrected chi connectivity index (χ1v) is 10.9. The van der Waals surface area contributed by atoms with E-state index in [-0.39, 0.29) is 17.9 Å². The number of benzene rings is 1. The SMILES string of the molecule is COc1ccccc1[C@@H](CNC(=O)[C@H]1CCCN(c2cnccn2)C1)N1CCCC1. The molecule has 1 aromatic heterocycles. The molecule has 0 unspecified atom stereocenters. The van der Waals surface area contributed by atoms with Gasteiger partial charge in [0.2, 0.25) is 5.91 Å². The molecule has 30 heavy (non-hydrogen) atoms. The number of ether oxygens (including phenoxy) is 1. The number of anilines is 1. The monoisotopic (exact) mass is 409 g/mol. The minimum absolute atomic E-state index is 0.0300. The number of methoxy groups -OCH3 is 1. The first-order chi connectivity index (χ1) is 14.8. The molecule has 2 atom stereocenters. The van der Waals surface area contributed by atoms with Gasteiger partial charge in [-0.15, -0.1) is 0 Å². The van der Waals surface area contributed by atoms with Crippen LogP contribution in [0, 0.1) is 5.92 Å². The predicted octanol–water partition coefficient (Wildman–Crippen LogP) is 2.65. The average Bonchev–Trinajstić information content (AvgIpc) is 3.35. The van der Waals surface area contributed by atoms with Crippen molar-refractivity contribution >= 4 is 11.7 Å². The zero-order chi connectivity index (χ0) is 20.8. The number of hydrogen-bond acceptors (Lipinski definition) is 6. The average molecular weight is 410 g/mol. The van der Waals surface area contributed by atoms with E-state index in [0.29, 0.717) is 13.1 Å². The van der Waals surface area contributed by atoms with Crippen LogP contribution in [0.1, 0.15) is 37.3 Å². The number of carbonyl (C=O) groups excluding carboxylic acids is 1. The quantitative estimate of drug-likeness (QED) is 0.758. The number of nitrogens with one attached hydrogen (secondary N) is 1. The van der Waals surface area contributed by atoms with Gasteiger partial charge in [0.25, 0.3) is 0 Å². The summed E-state index contributed by atoms with van der Waals surface area (Å²) in [5.41, 5.74) is 1.15. The molecule has 7 nitrogen and oxygen atoms in total. The van der Waals surface area contributed by atoms with E-state index in [1.54, 1.807) is 25.7 Å². The molecule has 0 bridgehead atoms. The first-order valence-electron chi connectivity index (χ1n) is 10.9. The minimum Gasteiger partial charge on any atom is -0.496 e. The maximum atomic E-state index is 13.1. The molecule has 2 aliphatic heterocycles. The summed E-state index contributed by atoms with van der Waals surface area (Å²) in [4.78, 5) is 26.2. The molecule has 2 aliphatic rings. The van der Waals surface area contributed by atoms with Crippen LogP contribution in [0.5, 0.6) is 5.75 Å². The highest BCUT2D eigenvalue weighted by molar-refractivity contribution is 5.79. The van der Waals surface area contributed by atoms with Crippen molar-refractivity contribution in [1.29, 1.82) is 0 Å². The molecular formula is C23H31N5O2. The summed E-state index contributed by atoms with van der Waals surface area (Å²) in [6.45, 7) is 4.32. The zero-order valence-electron chi connectivity index (χ0n) is 17.7. The third-order valence-electron chi connectivity index (χ3n) is 6.21. The van der Waals surface area contributed by atoms with Crippen LogP contribution in [0.2, 0.25) is 0 Å². The van der Waals surface area contributed by atoms with E-state index >= 15 is 0 Å². The lowest BCUT2D eigenvalue weighted by Crippen LogP contribution is -2.45. The Morgan fingerprint density at radius 2 is 2.03 bits per heavy atom. The van der Waals surface area contributed by atoms with Gasteiger partial charge >= 0.3 is 0 Å². The number of carbonyl (C=O) groups is 1. The van der Waals surface area contributed by atoms with Crippen molar-refractivity contribution in [3.05, 3.63) is 48.4 Å². The fourth-order valence-corrected chi connectivity index (χ4v) is 4.63. The first kappa shape index (κ1) is 20.6. The maximum absolute atomic E-state index is 13.1. The molecule has 2 saturated heterocycles. The van der Waals surface area contributed by atoms with Crippen LogP contribution >= 0.6 is 0 Å². The minimum atomic E-state index is -0.0300. The van der Waals surface area contributed by atoms with E-state index in [4.69, 9.17) is 4.74 Å². The van der Waals surface area contributed by atoms with Crippen molar-refractivity contribution < 1.29 is 9.53 Å². The number of para-hydroxylation sites is 1. The van der Waals surface area contributed by atoms with Gasteiger partial charge in [0.05, 0.1) is 25.3 Å². The molecule has 0 aliphatic carbocycles. The number of rotatable bonds is 7. The number of aromatic nitrogens is 2. The molecule has 1 aromatic carbocycles. The van der Waals surface area contributed by atoms with Crippen molar-refractivity contribution in [3.8, 4) is 5.75 Å². The van der Waals surface area contributed by atoms with E-state index in [9.17, 15) is 4.79 Å². The van der Waals surface area contributed by atoms with Crippen LogP contribution < -0.4 is 15.0 Å². The largest absolute Gasteiger partial charge is 0.496 e. The molecule has 3 heterocycles. The molecule has 0 radical (unpaired) electrons. The van der Waals surface area contributed by atoms with E-state index in [1.807, 2.05) is 18.2 Å². The predicted molar refractivity (Wildman–Crippen MR) is 117 cm³/mol. The van der Waals surface area contributed by atoms with Crippen LogP contribution in [-0.2, 0) is 4.79 Å². The lowest BCUT2D eigenvalue weighted by molar-refractivity contribution is -0.125. The summed E-state index contributed by atoms with van der Waals surface area (Å²) >= 11 is 0. The van der Waals surface area contributed by atoms with E-state index < -0.39 is 0 Å². The standard InChI is InChI=1S/C23H31N5O2/c1-30-21-9-3-2-8-19(21)20(27-12-4-5-13-27)15-26-23(29)18-7-6-14-28(17-18)22-16-24-10-11-25-22/h2-3,8-11,16,18,20H,4-7,12-15,17H2,1H3,(H,26,29)/t18-,20+/m0/s1.